The second kappa shape index (κ2) is 7.08. The maximum Gasteiger partial charge on any atom is 0.224 e. The molecule has 3 nitrogen and oxygen atoms in total. The third-order valence-electron chi connectivity index (χ3n) is 2.58. The molecule has 4 heteroatoms. The van der Waals surface area contributed by atoms with Crippen molar-refractivity contribution in [2.45, 2.75) is 19.8 Å². The van der Waals surface area contributed by atoms with Crippen molar-refractivity contribution < 1.29 is 4.79 Å². The Morgan fingerprint density at radius 2 is 2.35 bits per heavy atom. The van der Waals surface area contributed by atoms with Gasteiger partial charge in [0.05, 0.1) is 6.07 Å². The van der Waals surface area contributed by atoms with Crippen LogP contribution in [-0.2, 0) is 11.2 Å². The van der Waals surface area contributed by atoms with E-state index >= 15 is 0 Å². The summed E-state index contributed by atoms with van der Waals surface area (Å²) in [6, 6.07) is 9.85. The first-order valence-corrected chi connectivity index (χ1v) is 6.35. The van der Waals surface area contributed by atoms with E-state index in [-0.39, 0.29) is 18.4 Å². The van der Waals surface area contributed by atoms with E-state index in [1.165, 1.54) is 0 Å². The minimum absolute atomic E-state index is 0.0472. The van der Waals surface area contributed by atoms with Crippen LogP contribution in [-0.4, -0.2) is 12.5 Å². The number of rotatable bonds is 5. The molecule has 0 heterocycles. The van der Waals surface area contributed by atoms with Crippen LogP contribution in [0.5, 0.6) is 0 Å². The van der Waals surface area contributed by atoms with Crippen LogP contribution >= 0.6 is 15.9 Å². The van der Waals surface area contributed by atoms with Crippen LogP contribution in [0.15, 0.2) is 28.7 Å². The average molecular weight is 295 g/mol. The van der Waals surface area contributed by atoms with Crippen molar-refractivity contribution in [1.29, 1.82) is 5.26 Å². The van der Waals surface area contributed by atoms with Gasteiger partial charge in [0, 0.05) is 10.4 Å². The summed E-state index contributed by atoms with van der Waals surface area (Å²) >= 11 is 3.41. The maximum absolute atomic E-state index is 11.7. The molecule has 17 heavy (non-hydrogen) atoms. The minimum Gasteiger partial charge on any atom is -0.343 e. The number of hydrogen-bond donors (Lipinski definition) is 1. The van der Waals surface area contributed by atoms with E-state index in [1.54, 1.807) is 0 Å². The number of carbonyl (C=O) groups excluding carboxylic acids is 1. The van der Waals surface area contributed by atoms with Gasteiger partial charge in [-0.15, -0.1) is 0 Å². The summed E-state index contributed by atoms with van der Waals surface area (Å²) in [5.41, 5.74) is 1.12. The molecular weight excluding hydrogens is 280 g/mol. The predicted molar refractivity (Wildman–Crippen MR) is 70.2 cm³/mol. The Morgan fingerprint density at radius 1 is 1.59 bits per heavy atom. The second-order valence-electron chi connectivity index (χ2n) is 3.82. The molecule has 0 saturated carbocycles. The molecule has 0 aromatic heterocycles. The zero-order chi connectivity index (χ0) is 12.7. The normalized spacial score (nSPS) is 11.6. The topological polar surface area (TPSA) is 52.9 Å². The summed E-state index contributed by atoms with van der Waals surface area (Å²) < 4.78 is 1.02. The fourth-order valence-electron chi connectivity index (χ4n) is 1.64. The molecule has 0 bridgehead atoms. The van der Waals surface area contributed by atoms with Crippen molar-refractivity contribution in [3.63, 3.8) is 0 Å². The highest BCUT2D eigenvalue weighted by atomic mass is 79.9. The monoisotopic (exact) mass is 294 g/mol. The van der Waals surface area contributed by atoms with Crippen LogP contribution in [0.1, 0.15) is 18.9 Å². The molecule has 0 aliphatic rings. The number of nitriles is 1. The lowest BCUT2D eigenvalue weighted by Gasteiger charge is -2.13. The Bertz CT molecular complexity index is 426. The third-order valence-corrected chi connectivity index (χ3v) is 3.07. The summed E-state index contributed by atoms with van der Waals surface area (Å²) in [6.45, 7) is 2.06. The molecule has 0 radical (unpaired) electrons. The van der Waals surface area contributed by atoms with Crippen molar-refractivity contribution in [1.82, 2.24) is 5.32 Å². The summed E-state index contributed by atoms with van der Waals surface area (Å²) in [4.78, 5) is 11.7. The maximum atomic E-state index is 11.7. The zero-order valence-corrected chi connectivity index (χ0v) is 11.3. The van der Waals surface area contributed by atoms with Crippen LogP contribution < -0.4 is 5.32 Å². The molecule has 1 rings (SSSR count). The lowest BCUT2D eigenvalue weighted by Crippen LogP contribution is -2.31. The smallest absolute Gasteiger partial charge is 0.224 e. The SMILES string of the molecule is CCC(Cc1cccc(Br)c1)C(=O)NCC#N. The van der Waals surface area contributed by atoms with Crippen molar-refractivity contribution in [2.24, 2.45) is 5.92 Å². The molecule has 1 aromatic rings. The number of halogens is 1. The van der Waals surface area contributed by atoms with Gasteiger partial charge in [-0.3, -0.25) is 4.79 Å². The number of benzene rings is 1. The molecule has 1 unspecified atom stereocenters. The van der Waals surface area contributed by atoms with E-state index in [9.17, 15) is 4.79 Å². The Labute approximate surface area is 110 Å². The number of nitrogens with one attached hydrogen (secondary N) is 1. The molecule has 0 spiro atoms. The fourth-order valence-corrected chi connectivity index (χ4v) is 2.09. The molecule has 0 aliphatic heterocycles. The Balaban J connectivity index is 2.64. The lowest BCUT2D eigenvalue weighted by atomic mass is 9.96. The van der Waals surface area contributed by atoms with Crippen LogP contribution in [0.2, 0.25) is 0 Å². The first kappa shape index (κ1) is 13.7. The van der Waals surface area contributed by atoms with Crippen LogP contribution in [0.25, 0.3) is 0 Å². The van der Waals surface area contributed by atoms with E-state index in [1.807, 2.05) is 37.3 Å². The lowest BCUT2D eigenvalue weighted by molar-refractivity contribution is -0.124. The van der Waals surface area contributed by atoms with Gasteiger partial charge in [-0.2, -0.15) is 5.26 Å². The standard InChI is InChI=1S/C13H15BrN2O/c1-2-11(13(17)16-7-6-15)8-10-4-3-5-12(14)9-10/h3-5,9,11H,2,7-8H2,1H3,(H,16,17). The van der Waals surface area contributed by atoms with Gasteiger partial charge in [0.2, 0.25) is 5.91 Å². The summed E-state index contributed by atoms with van der Waals surface area (Å²) in [5.74, 6) is -0.119. The summed E-state index contributed by atoms with van der Waals surface area (Å²) in [7, 11) is 0. The average Bonchev–Trinajstić information content (AvgIpc) is 2.33. The first-order valence-electron chi connectivity index (χ1n) is 5.56. The number of carbonyl (C=O) groups is 1. The van der Waals surface area contributed by atoms with Crippen molar-refractivity contribution in [3.8, 4) is 6.07 Å². The van der Waals surface area contributed by atoms with E-state index in [2.05, 4.69) is 21.2 Å². The highest BCUT2D eigenvalue weighted by molar-refractivity contribution is 9.10. The van der Waals surface area contributed by atoms with Gasteiger partial charge in [-0.25, -0.2) is 0 Å². The molecular formula is C13H15BrN2O. The Kier molecular flexibility index (Phi) is 5.71. The van der Waals surface area contributed by atoms with Gasteiger partial charge in [-0.1, -0.05) is 35.0 Å². The van der Waals surface area contributed by atoms with E-state index in [0.29, 0.717) is 6.42 Å². The molecule has 0 saturated heterocycles. The number of amides is 1. The van der Waals surface area contributed by atoms with E-state index in [0.717, 1.165) is 16.5 Å². The fraction of sp³-hybridized carbons (Fsp3) is 0.385. The van der Waals surface area contributed by atoms with Gasteiger partial charge >= 0.3 is 0 Å². The van der Waals surface area contributed by atoms with Crippen LogP contribution in [0, 0.1) is 17.2 Å². The van der Waals surface area contributed by atoms with Crippen molar-refractivity contribution in [2.75, 3.05) is 6.54 Å². The first-order chi connectivity index (χ1) is 8.17. The molecule has 1 amide bonds. The van der Waals surface area contributed by atoms with Gasteiger partial charge in [0.25, 0.3) is 0 Å². The summed E-state index contributed by atoms with van der Waals surface area (Å²) in [6.07, 6.45) is 1.47. The Morgan fingerprint density at radius 3 is 2.94 bits per heavy atom. The van der Waals surface area contributed by atoms with Gasteiger partial charge in [0.15, 0.2) is 0 Å². The third kappa shape index (κ3) is 4.58. The van der Waals surface area contributed by atoms with Crippen LogP contribution in [0.4, 0.5) is 0 Å². The van der Waals surface area contributed by atoms with Gasteiger partial charge in [0.1, 0.15) is 6.54 Å². The van der Waals surface area contributed by atoms with E-state index in [4.69, 9.17) is 5.26 Å². The zero-order valence-electron chi connectivity index (χ0n) is 9.74. The molecule has 90 valence electrons. The Hall–Kier alpha value is -1.34. The highest BCUT2D eigenvalue weighted by Crippen LogP contribution is 2.17. The number of nitrogens with zero attached hydrogens (tertiary/aromatic N) is 1. The minimum atomic E-state index is -0.0716. The predicted octanol–water partition coefficient (Wildman–Crippen LogP) is 2.66. The molecule has 0 aliphatic carbocycles. The quantitative estimate of drug-likeness (QED) is 0.849. The summed E-state index contributed by atoms with van der Waals surface area (Å²) in [5, 5.41) is 11.0. The molecule has 1 atom stereocenters. The van der Waals surface area contributed by atoms with Crippen molar-refractivity contribution in [3.05, 3.63) is 34.3 Å². The van der Waals surface area contributed by atoms with Gasteiger partial charge < -0.3 is 5.32 Å². The van der Waals surface area contributed by atoms with Gasteiger partial charge in [-0.05, 0) is 30.5 Å². The highest BCUT2D eigenvalue weighted by Gasteiger charge is 2.16. The van der Waals surface area contributed by atoms with E-state index < -0.39 is 0 Å². The van der Waals surface area contributed by atoms with Crippen LogP contribution in [0.3, 0.4) is 0 Å². The largest absolute Gasteiger partial charge is 0.343 e. The number of hydrogen-bond acceptors (Lipinski definition) is 2. The molecule has 0 fully saturated rings. The second-order valence-corrected chi connectivity index (χ2v) is 4.73. The molecule has 1 aromatic carbocycles. The molecule has 1 N–H and O–H groups in total. The van der Waals surface area contributed by atoms with Crippen molar-refractivity contribution >= 4 is 21.8 Å².